The van der Waals surface area contributed by atoms with Crippen LogP contribution in [-0.4, -0.2) is 17.2 Å². The molecule has 1 N–H and O–H groups in total. The largest absolute Gasteiger partial charge is 0.481 e. The number of carbonyl (C=O) groups is 1. The number of para-hydroxylation sites is 1. The average Bonchev–Trinajstić information content (AvgIpc) is 2.20. The lowest BCUT2D eigenvalue weighted by molar-refractivity contribution is -0.137. The summed E-state index contributed by atoms with van der Waals surface area (Å²) in [5, 5.41) is 8.48. The van der Waals surface area contributed by atoms with Crippen LogP contribution in [0.2, 0.25) is 0 Å². The smallest absolute Gasteiger partial charge is 0.303 e. The Kier molecular flexibility index (Phi) is 4.26. The molecule has 0 spiro atoms. The minimum absolute atomic E-state index is 0.124. The highest BCUT2D eigenvalue weighted by molar-refractivity contribution is 5.66. The summed E-state index contributed by atoms with van der Waals surface area (Å²) in [7, 11) is 0. The minimum Gasteiger partial charge on any atom is -0.481 e. The van der Waals surface area contributed by atoms with Crippen LogP contribution in [0.1, 0.15) is 18.4 Å². The monoisotopic (exact) mass is 205 g/mol. The lowest BCUT2D eigenvalue weighted by atomic mass is 10.1. The Bertz CT molecular complexity index is 395. The van der Waals surface area contributed by atoms with Gasteiger partial charge in [-0.25, -0.2) is 4.79 Å². The van der Waals surface area contributed by atoms with Crippen LogP contribution in [0.5, 0.6) is 0 Å². The van der Waals surface area contributed by atoms with Crippen LogP contribution >= 0.6 is 0 Å². The van der Waals surface area contributed by atoms with Crippen LogP contribution in [0.4, 0.5) is 5.69 Å². The number of carboxylic acids is 1. The van der Waals surface area contributed by atoms with E-state index in [1.54, 1.807) is 12.1 Å². The molecule has 0 saturated heterocycles. The first kappa shape index (κ1) is 11.1. The van der Waals surface area contributed by atoms with Gasteiger partial charge in [0.1, 0.15) is 0 Å². The molecule has 0 radical (unpaired) electrons. The highest BCUT2D eigenvalue weighted by atomic mass is 16.4. The van der Waals surface area contributed by atoms with E-state index in [-0.39, 0.29) is 6.42 Å². The predicted octanol–water partition coefficient (Wildman–Crippen LogP) is 2.06. The van der Waals surface area contributed by atoms with Crippen molar-refractivity contribution >= 4 is 17.7 Å². The van der Waals surface area contributed by atoms with Crippen LogP contribution in [0.15, 0.2) is 29.3 Å². The molecular weight excluding hydrogens is 194 g/mol. The average molecular weight is 205 g/mol. The van der Waals surface area contributed by atoms with Gasteiger partial charge in [-0.15, -0.1) is 0 Å². The first-order valence-corrected chi connectivity index (χ1v) is 4.61. The number of aliphatic imine (C=N–C) groups is 1. The van der Waals surface area contributed by atoms with Crippen LogP contribution in [0, 0.1) is 0 Å². The standard InChI is InChI=1S/C11H11NO3/c13-8-12-10-6-2-1-4-9(10)5-3-7-11(14)15/h1-2,4,6H,3,5,7H2,(H,14,15). The van der Waals surface area contributed by atoms with E-state index in [1.165, 1.54) is 6.08 Å². The van der Waals surface area contributed by atoms with Gasteiger partial charge in [-0.05, 0) is 24.5 Å². The fourth-order valence-electron chi connectivity index (χ4n) is 1.31. The van der Waals surface area contributed by atoms with Crippen LogP contribution in [0.3, 0.4) is 0 Å². The van der Waals surface area contributed by atoms with Gasteiger partial charge >= 0.3 is 5.97 Å². The normalized spacial score (nSPS) is 9.33. The SMILES string of the molecule is O=C=Nc1ccccc1CCCC(=O)O. The number of carboxylic acid groups (broad SMARTS) is 1. The molecule has 0 atom stereocenters. The number of rotatable bonds is 5. The molecule has 1 aromatic carbocycles. The first-order chi connectivity index (χ1) is 7.24. The van der Waals surface area contributed by atoms with Gasteiger partial charge in [0, 0.05) is 6.42 Å². The van der Waals surface area contributed by atoms with Crippen molar-refractivity contribution < 1.29 is 14.7 Å². The Morgan fingerprint density at radius 2 is 2.13 bits per heavy atom. The lowest BCUT2D eigenvalue weighted by Gasteiger charge is -2.02. The summed E-state index contributed by atoms with van der Waals surface area (Å²) in [5.41, 5.74) is 1.44. The second-order valence-corrected chi connectivity index (χ2v) is 3.08. The van der Waals surface area contributed by atoms with E-state index in [9.17, 15) is 9.59 Å². The molecule has 0 bridgehead atoms. The van der Waals surface area contributed by atoms with E-state index in [0.717, 1.165) is 5.56 Å². The van der Waals surface area contributed by atoms with E-state index in [0.29, 0.717) is 18.5 Å². The Morgan fingerprint density at radius 1 is 1.40 bits per heavy atom. The van der Waals surface area contributed by atoms with Gasteiger partial charge in [0.25, 0.3) is 0 Å². The Morgan fingerprint density at radius 3 is 2.80 bits per heavy atom. The summed E-state index contributed by atoms with van der Waals surface area (Å²) in [5.74, 6) is -0.814. The summed E-state index contributed by atoms with van der Waals surface area (Å²) in [6.07, 6.45) is 2.75. The Hall–Kier alpha value is -1.93. The van der Waals surface area contributed by atoms with Crippen molar-refractivity contribution in [2.75, 3.05) is 0 Å². The molecule has 0 heterocycles. The lowest BCUT2D eigenvalue weighted by Crippen LogP contribution is -1.95. The number of isocyanates is 1. The maximum Gasteiger partial charge on any atom is 0.303 e. The van der Waals surface area contributed by atoms with Gasteiger partial charge in [0.2, 0.25) is 6.08 Å². The third-order valence-corrected chi connectivity index (χ3v) is 1.99. The number of carbonyl (C=O) groups excluding carboxylic acids is 1. The molecule has 0 aromatic heterocycles. The summed E-state index contributed by atoms with van der Waals surface area (Å²) < 4.78 is 0. The van der Waals surface area contributed by atoms with Crippen molar-refractivity contribution in [3.8, 4) is 0 Å². The maximum atomic E-state index is 10.3. The van der Waals surface area contributed by atoms with E-state index >= 15 is 0 Å². The molecular formula is C11H11NO3. The predicted molar refractivity (Wildman–Crippen MR) is 54.8 cm³/mol. The number of aryl methyl sites for hydroxylation is 1. The topological polar surface area (TPSA) is 66.7 Å². The van der Waals surface area contributed by atoms with Gasteiger partial charge in [-0.1, -0.05) is 18.2 Å². The molecule has 4 heteroatoms. The van der Waals surface area contributed by atoms with Gasteiger partial charge in [0.15, 0.2) is 0 Å². The third-order valence-electron chi connectivity index (χ3n) is 1.99. The molecule has 0 fully saturated rings. The number of aliphatic carboxylic acids is 1. The molecule has 0 aliphatic heterocycles. The first-order valence-electron chi connectivity index (χ1n) is 4.61. The molecule has 4 nitrogen and oxygen atoms in total. The molecule has 78 valence electrons. The molecule has 0 aliphatic carbocycles. The minimum atomic E-state index is -0.814. The van der Waals surface area contributed by atoms with E-state index in [4.69, 9.17) is 5.11 Å². The second-order valence-electron chi connectivity index (χ2n) is 3.08. The molecule has 1 aromatic rings. The molecule has 0 amide bonds. The number of nitrogens with zero attached hydrogens (tertiary/aromatic N) is 1. The zero-order chi connectivity index (χ0) is 11.1. The molecule has 0 aliphatic rings. The van der Waals surface area contributed by atoms with Crippen molar-refractivity contribution in [1.82, 2.24) is 0 Å². The number of hydrogen-bond acceptors (Lipinski definition) is 3. The van der Waals surface area contributed by atoms with Crippen LogP contribution in [0.25, 0.3) is 0 Å². The van der Waals surface area contributed by atoms with Gasteiger partial charge in [-0.2, -0.15) is 4.99 Å². The summed E-state index contributed by atoms with van der Waals surface area (Å²) >= 11 is 0. The van der Waals surface area contributed by atoms with Gasteiger partial charge in [0.05, 0.1) is 5.69 Å². The fourth-order valence-corrected chi connectivity index (χ4v) is 1.31. The molecule has 1 rings (SSSR count). The Balaban J connectivity index is 2.67. The van der Waals surface area contributed by atoms with Crippen LogP contribution < -0.4 is 0 Å². The zero-order valence-electron chi connectivity index (χ0n) is 8.14. The van der Waals surface area contributed by atoms with Gasteiger partial charge < -0.3 is 5.11 Å². The Labute approximate surface area is 87.3 Å². The van der Waals surface area contributed by atoms with E-state index < -0.39 is 5.97 Å². The van der Waals surface area contributed by atoms with Gasteiger partial charge in [-0.3, -0.25) is 4.79 Å². The summed E-state index contributed by atoms with van der Waals surface area (Å²) in [6.45, 7) is 0. The fraction of sp³-hybridized carbons (Fsp3) is 0.273. The highest BCUT2D eigenvalue weighted by Gasteiger charge is 2.02. The van der Waals surface area contributed by atoms with Crippen LogP contribution in [-0.2, 0) is 16.0 Å². The molecule has 0 saturated carbocycles. The molecule has 15 heavy (non-hydrogen) atoms. The zero-order valence-corrected chi connectivity index (χ0v) is 8.14. The summed E-state index contributed by atoms with van der Waals surface area (Å²) in [6, 6.07) is 7.15. The van der Waals surface area contributed by atoms with Crippen molar-refractivity contribution in [3.63, 3.8) is 0 Å². The van der Waals surface area contributed by atoms with E-state index in [2.05, 4.69) is 4.99 Å². The molecule has 0 unspecified atom stereocenters. The second kappa shape index (κ2) is 5.73. The number of hydrogen-bond donors (Lipinski definition) is 1. The maximum absolute atomic E-state index is 10.3. The highest BCUT2D eigenvalue weighted by Crippen LogP contribution is 2.19. The summed E-state index contributed by atoms with van der Waals surface area (Å²) in [4.78, 5) is 24.0. The van der Waals surface area contributed by atoms with Crippen molar-refractivity contribution in [2.24, 2.45) is 4.99 Å². The third kappa shape index (κ3) is 3.75. The number of benzene rings is 1. The quantitative estimate of drug-likeness (QED) is 0.591. The van der Waals surface area contributed by atoms with E-state index in [1.807, 2.05) is 12.1 Å². The van der Waals surface area contributed by atoms with Crippen molar-refractivity contribution in [2.45, 2.75) is 19.3 Å². The van der Waals surface area contributed by atoms with Crippen molar-refractivity contribution in [3.05, 3.63) is 29.8 Å². The van der Waals surface area contributed by atoms with Crippen molar-refractivity contribution in [1.29, 1.82) is 0 Å².